The molecule has 0 spiro atoms. The average molecular weight is 251 g/mol. The number of rotatable bonds is 6. The molecule has 0 heterocycles. The number of benzene rings is 1. The van der Waals surface area contributed by atoms with Gasteiger partial charge >= 0.3 is 5.97 Å². The number of carbonyl (C=O) groups is 1. The van der Waals surface area contributed by atoms with Crippen LogP contribution in [0.3, 0.4) is 0 Å². The first-order chi connectivity index (χ1) is 8.56. The van der Waals surface area contributed by atoms with Crippen LogP contribution in [0.1, 0.15) is 25.5 Å². The predicted molar refractivity (Wildman–Crippen MR) is 70.0 cm³/mol. The second kappa shape index (κ2) is 7.13. The zero-order valence-electron chi connectivity index (χ0n) is 11.1. The molecule has 1 rings (SSSR count). The molecule has 2 N–H and O–H groups in total. The summed E-state index contributed by atoms with van der Waals surface area (Å²) >= 11 is 0. The van der Waals surface area contributed by atoms with E-state index in [9.17, 15) is 9.90 Å². The number of aliphatic hydroxyl groups excluding tert-OH is 1. The fourth-order valence-electron chi connectivity index (χ4n) is 1.77. The lowest BCUT2D eigenvalue weighted by molar-refractivity contribution is -0.148. The minimum atomic E-state index is -0.729. The first kappa shape index (κ1) is 14.7. The number of esters is 1. The molecule has 3 atom stereocenters. The molecule has 0 aromatic heterocycles. The molecular formula is C14H21NO3. The molecule has 0 aliphatic heterocycles. The summed E-state index contributed by atoms with van der Waals surface area (Å²) in [5.74, 6) is -0.932. The number of hydrogen-bond donors (Lipinski definition) is 2. The molecule has 1 aromatic rings. The van der Waals surface area contributed by atoms with E-state index in [4.69, 9.17) is 0 Å². The van der Waals surface area contributed by atoms with Crippen LogP contribution in [0.2, 0.25) is 0 Å². The van der Waals surface area contributed by atoms with Crippen LogP contribution in [0.5, 0.6) is 0 Å². The van der Waals surface area contributed by atoms with Crippen molar-refractivity contribution in [1.82, 2.24) is 5.32 Å². The quantitative estimate of drug-likeness (QED) is 0.752. The van der Waals surface area contributed by atoms with Crippen molar-refractivity contribution in [1.29, 1.82) is 0 Å². The van der Waals surface area contributed by atoms with Crippen LogP contribution in [-0.2, 0) is 9.53 Å². The fourth-order valence-corrected chi connectivity index (χ4v) is 1.77. The summed E-state index contributed by atoms with van der Waals surface area (Å²) in [6.45, 7) is 4.00. The second-order valence-corrected chi connectivity index (χ2v) is 4.41. The van der Waals surface area contributed by atoms with Gasteiger partial charge in [0.1, 0.15) is 0 Å². The first-order valence-electron chi connectivity index (χ1n) is 6.10. The van der Waals surface area contributed by atoms with Crippen LogP contribution >= 0.6 is 0 Å². The standard InChI is InChI=1S/C14H21NO3/c1-10(12-7-5-4-6-8-12)15-9-13(11(2)16)14(17)18-3/h4-8,10-11,13,15-16H,9H2,1-3H3/t10-,11?,13?/m0/s1. The highest BCUT2D eigenvalue weighted by Gasteiger charge is 2.24. The van der Waals surface area contributed by atoms with Gasteiger partial charge in [-0.1, -0.05) is 30.3 Å². The van der Waals surface area contributed by atoms with E-state index in [2.05, 4.69) is 10.1 Å². The molecule has 4 nitrogen and oxygen atoms in total. The number of methoxy groups -OCH3 is 1. The summed E-state index contributed by atoms with van der Waals surface area (Å²) in [6.07, 6.45) is -0.729. The Balaban J connectivity index is 2.55. The summed E-state index contributed by atoms with van der Waals surface area (Å²) in [4.78, 5) is 11.5. The van der Waals surface area contributed by atoms with Crippen molar-refractivity contribution < 1.29 is 14.6 Å². The smallest absolute Gasteiger partial charge is 0.312 e. The molecule has 0 saturated heterocycles. The molecule has 0 saturated carbocycles. The van der Waals surface area contributed by atoms with Gasteiger partial charge in [-0.2, -0.15) is 0 Å². The maximum absolute atomic E-state index is 11.5. The average Bonchev–Trinajstić information content (AvgIpc) is 2.39. The van der Waals surface area contributed by atoms with Crippen LogP contribution in [0.25, 0.3) is 0 Å². The normalized spacial score (nSPS) is 15.8. The molecular weight excluding hydrogens is 230 g/mol. The van der Waals surface area contributed by atoms with Crippen molar-refractivity contribution in [2.75, 3.05) is 13.7 Å². The van der Waals surface area contributed by atoms with E-state index in [0.717, 1.165) is 5.56 Å². The molecule has 18 heavy (non-hydrogen) atoms. The van der Waals surface area contributed by atoms with Crippen molar-refractivity contribution in [3.05, 3.63) is 35.9 Å². The van der Waals surface area contributed by atoms with Crippen molar-refractivity contribution >= 4 is 5.97 Å². The highest BCUT2D eigenvalue weighted by molar-refractivity contribution is 5.73. The van der Waals surface area contributed by atoms with E-state index in [1.165, 1.54) is 7.11 Å². The Bertz CT molecular complexity index is 365. The second-order valence-electron chi connectivity index (χ2n) is 4.41. The third kappa shape index (κ3) is 4.13. The van der Waals surface area contributed by atoms with Gasteiger partial charge in [0.25, 0.3) is 0 Å². The minimum absolute atomic E-state index is 0.122. The molecule has 0 aliphatic rings. The van der Waals surface area contributed by atoms with E-state index in [1.54, 1.807) is 6.92 Å². The lowest BCUT2D eigenvalue weighted by atomic mass is 10.0. The summed E-state index contributed by atoms with van der Waals surface area (Å²) in [5.41, 5.74) is 1.15. The zero-order valence-corrected chi connectivity index (χ0v) is 11.1. The van der Waals surface area contributed by atoms with E-state index in [0.29, 0.717) is 6.54 Å². The minimum Gasteiger partial charge on any atom is -0.469 e. The van der Waals surface area contributed by atoms with E-state index >= 15 is 0 Å². The molecule has 100 valence electrons. The topological polar surface area (TPSA) is 58.6 Å². The Hall–Kier alpha value is -1.39. The Morgan fingerprint density at radius 2 is 1.94 bits per heavy atom. The fraction of sp³-hybridized carbons (Fsp3) is 0.500. The van der Waals surface area contributed by atoms with Gasteiger partial charge in [-0.15, -0.1) is 0 Å². The van der Waals surface area contributed by atoms with Crippen LogP contribution in [0.4, 0.5) is 0 Å². The first-order valence-corrected chi connectivity index (χ1v) is 6.10. The molecule has 0 bridgehead atoms. The van der Waals surface area contributed by atoms with E-state index in [-0.39, 0.29) is 6.04 Å². The van der Waals surface area contributed by atoms with E-state index in [1.807, 2.05) is 37.3 Å². The number of hydrogen-bond acceptors (Lipinski definition) is 4. The van der Waals surface area contributed by atoms with Gasteiger partial charge in [0, 0.05) is 12.6 Å². The van der Waals surface area contributed by atoms with Gasteiger partial charge in [0.05, 0.1) is 19.1 Å². The molecule has 0 fully saturated rings. The molecule has 4 heteroatoms. The maximum Gasteiger partial charge on any atom is 0.312 e. The number of ether oxygens (including phenoxy) is 1. The summed E-state index contributed by atoms with van der Waals surface area (Å²) < 4.78 is 4.67. The largest absolute Gasteiger partial charge is 0.469 e. The predicted octanol–water partition coefficient (Wildman–Crippen LogP) is 1.51. The Morgan fingerprint density at radius 1 is 1.33 bits per heavy atom. The van der Waals surface area contributed by atoms with E-state index < -0.39 is 18.0 Å². The summed E-state index contributed by atoms with van der Waals surface area (Å²) in [7, 11) is 1.33. The monoisotopic (exact) mass is 251 g/mol. The lowest BCUT2D eigenvalue weighted by Gasteiger charge is -2.21. The van der Waals surface area contributed by atoms with Gasteiger partial charge < -0.3 is 15.2 Å². The van der Waals surface area contributed by atoms with Crippen LogP contribution in [0, 0.1) is 5.92 Å². The molecule has 0 aliphatic carbocycles. The maximum atomic E-state index is 11.5. The molecule has 0 amide bonds. The van der Waals surface area contributed by atoms with Crippen molar-refractivity contribution in [2.24, 2.45) is 5.92 Å². The van der Waals surface area contributed by atoms with Gasteiger partial charge in [-0.05, 0) is 19.4 Å². The van der Waals surface area contributed by atoms with Gasteiger partial charge in [0.2, 0.25) is 0 Å². The van der Waals surface area contributed by atoms with Gasteiger partial charge in [-0.25, -0.2) is 0 Å². The Kier molecular flexibility index (Phi) is 5.82. The van der Waals surface area contributed by atoms with Crippen molar-refractivity contribution in [3.63, 3.8) is 0 Å². The van der Waals surface area contributed by atoms with Crippen molar-refractivity contribution in [2.45, 2.75) is 26.0 Å². The third-order valence-corrected chi connectivity index (χ3v) is 3.03. The zero-order chi connectivity index (χ0) is 13.5. The third-order valence-electron chi connectivity index (χ3n) is 3.03. The summed E-state index contributed by atoms with van der Waals surface area (Å²) in [5, 5.41) is 12.8. The molecule has 2 unspecified atom stereocenters. The SMILES string of the molecule is COC(=O)C(CN[C@@H](C)c1ccccc1)C(C)O. The van der Waals surface area contributed by atoms with Gasteiger partial charge in [0.15, 0.2) is 0 Å². The number of carbonyl (C=O) groups excluding carboxylic acids is 1. The Morgan fingerprint density at radius 3 is 2.44 bits per heavy atom. The highest BCUT2D eigenvalue weighted by atomic mass is 16.5. The Labute approximate surface area is 108 Å². The number of aliphatic hydroxyl groups is 1. The number of nitrogens with one attached hydrogen (secondary N) is 1. The molecule has 0 radical (unpaired) electrons. The lowest BCUT2D eigenvalue weighted by Crippen LogP contribution is -2.37. The molecule has 1 aromatic carbocycles. The summed E-state index contributed by atoms with van der Waals surface area (Å²) in [6, 6.07) is 10.1. The van der Waals surface area contributed by atoms with Crippen LogP contribution < -0.4 is 5.32 Å². The van der Waals surface area contributed by atoms with Crippen molar-refractivity contribution in [3.8, 4) is 0 Å². The van der Waals surface area contributed by atoms with Crippen LogP contribution in [-0.4, -0.2) is 30.8 Å². The van der Waals surface area contributed by atoms with Gasteiger partial charge in [-0.3, -0.25) is 4.79 Å². The highest BCUT2D eigenvalue weighted by Crippen LogP contribution is 2.13. The van der Waals surface area contributed by atoms with Crippen LogP contribution in [0.15, 0.2) is 30.3 Å².